The molecular formula is C11H10N6. The number of anilines is 1. The molecule has 1 N–H and O–H groups in total. The molecule has 6 heteroatoms. The number of pyridine rings is 1. The summed E-state index contributed by atoms with van der Waals surface area (Å²) in [5.41, 5.74) is 1.72. The molecule has 0 fully saturated rings. The van der Waals surface area contributed by atoms with Gasteiger partial charge in [0.05, 0.1) is 12.2 Å². The minimum Gasteiger partial charge on any atom is -0.347 e. The van der Waals surface area contributed by atoms with Crippen molar-refractivity contribution in [2.24, 2.45) is 0 Å². The van der Waals surface area contributed by atoms with Crippen LogP contribution in [0.2, 0.25) is 0 Å². The van der Waals surface area contributed by atoms with Crippen LogP contribution < -0.4 is 5.32 Å². The number of hydrogen-bond acceptors (Lipinski definition) is 5. The van der Waals surface area contributed by atoms with Gasteiger partial charge in [-0.1, -0.05) is 6.07 Å². The molecule has 3 rings (SSSR count). The zero-order chi connectivity index (χ0) is 11.5. The fourth-order valence-corrected chi connectivity index (χ4v) is 1.50. The van der Waals surface area contributed by atoms with Crippen molar-refractivity contribution in [3.05, 3.63) is 48.7 Å². The van der Waals surface area contributed by atoms with E-state index in [4.69, 9.17) is 0 Å². The van der Waals surface area contributed by atoms with E-state index in [0.717, 1.165) is 11.3 Å². The van der Waals surface area contributed by atoms with Crippen LogP contribution in [0.15, 0.2) is 43.0 Å². The van der Waals surface area contributed by atoms with E-state index >= 15 is 0 Å². The predicted molar refractivity (Wildman–Crippen MR) is 62.3 cm³/mol. The third kappa shape index (κ3) is 2.05. The zero-order valence-electron chi connectivity index (χ0n) is 8.98. The van der Waals surface area contributed by atoms with Crippen molar-refractivity contribution in [2.45, 2.75) is 6.54 Å². The van der Waals surface area contributed by atoms with Crippen molar-refractivity contribution in [3.63, 3.8) is 0 Å². The molecule has 6 nitrogen and oxygen atoms in total. The molecule has 0 bridgehead atoms. The molecule has 3 aromatic heterocycles. The maximum absolute atomic E-state index is 4.33. The Morgan fingerprint density at radius 3 is 3.06 bits per heavy atom. The molecule has 3 aromatic rings. The monoisotopic (exact) mass is 226 g/mol. The van der Waals surface area contributed by atoms with Gasteiger partial charge in [0, 0.05) is 12.4 Å². The summed E-state index contributed by atoms with van der Waals surface area (Å²) in [6.07, 6.45) is 5.09. The van der Waals surface area contributed by atoms with Crippen LogP contribution in [-0.4, -0.2) is 24.6 Å². The molecule has 0 aromatic carbocycles. The number of nitrogens with zero attached hydrogens (tertiary/aromatic N) is 5. The van der Waals surface area contributed by atoms with E-state index < -0.39 is 0 Å². The van der Waals surface area contributed by atoms with Gasteiger partial charge in [-0.3, -0.25) is 0 Å². The second-order valence-electron chi connectivity index (χ2n) is 3.49. The highest BCUT2D eigenvalue weighted by Crippen LogP contribution is 2.05. The highest BCUT2D eigenvalue weighted by molar-refractivity contribution is 5.42. The van der Waals surface area contributed by atoms with Crippen molar-refractivity contribution < 1.29 is 0 Å². The summed E-state index contributed by atoms with van der Waals surface area (Å²) < 4.78 is 1.72. The van der Waals surface area contributed by atoms with Crippen molar-refractivity contribution in [2.75, 3.05) is 5.32 Å². The Hall–Kier alpha value is -2.50. The zero-order valence-corrected chi connectivity index (χ0v) is 8.98. The summed E-state index contributed by atoms with van der Waals surface area (Å²) in [6.45, 7) is 0.583. The Morgan fingerprint density at radius 2 is 2.24 bits per heavy atom. The quantitative estimate of drug-likeness (QED) is 0.725. The third-order valence-corrected chi connectivity index (χ3v) is 2.31. The molecular weight excluding hydrogens is 216 g/mol. The van der Waals surface area contributed by atoms with Gasteiger partial charge in [0.15, 0.2) is 5.65 Å². The van der Waals surface area contributed by atoms with Gasteiger partial charge in [-0.2, -0.15) is 4.98 Å². The van der Waals surface area contributed by atoms with E-state index in [1.165, 1.54) is 6.33 Å². The lowest BCUT2D eigenvalue weighted by atomic mass is 10.4. The van der Waals surface area contributed by atoms with E-state index in [1.54, 1.807) is 10.7 Å². The average Bonchev–Trinajstić information content (AvgIpc) is 2.80. The van der Waals surface area contributed by atoms with Crippen molar-refractivity contribution >= 4 is 11.6 Å². The smallest absolute Gasteiger partial charge is 0.243 e. The molecule has 84 valence electrons. The molecule has 0 amide bonds. The molecule has 0 aliphatic carbocycles. The third-order valence-electron chi connectivity index (χ3n) is 2.31. The number of aromatic nitrogens is 5. The summed E-state index contributed by atoms with van der Waals surface area (Å²) in [7, 11) is 0. The first kappa shape index (κ1) is 9.71. The van der Waals surface area contributed by atoms with Gasteiger partial charge in [-0.05, 0) is 18.2 Å². The van der Waals surface area contributed by atoms with Crippen molar-refractivity contribution in [3.8, 4) is 0 Å². The minimum absolute atomic E-state index is 0.583. The molecule has 0 saturated heterocycles. The SMILES string of the molecule is c1ccn2nc(NCc3ccncn3)nc2c1. The summed E-state index contributed by atoms with van der Waals surface area (Å²) in [4.78, 5) is 12.3. The molecule has 3 heterocycles. The minimum atomic E-state index is 0.583. The predicted octanol–water partition coefficient (Wildman–Crippen LogP) is 1.13. The van der Waals surface area contributed by atoms with E-state index in [1.807, 2.05) is 30.5 Å². The van der Waals surface area contributed by atoms with Crippen LogP contribution in [0.25, 0.3) is 5.65 Å². The topological polar surface area (TPSA) is 68.0 Å². The lowest BCUT2D eigenvalue weighted by Crippen LogP contribution is -2.03. The van der Waals surface area contributed by atoms with E-state index in [-0.39, 0.29) is 0 Å². The molecule has 0 saturated carbocycles. The van der Waals surface area contributed by atoms with Gasteiger partial charge >= 0.3 is 0 Å². The maximum atomic E-state index is 4.33. The maximum Gasteiger partial charge on any atom is 0.243 e. The largest absolute Gasteiger partial charge is 0.347 e. The number of nitrogens with one attached hydrogen (secondary N) is 1. The summed E-state index contributed by atoms with van der Waals surface area (Å²) in [5.74, 6) is 0.592. The number of fused-ring (bicyclic) bond motifs is 1. The highest BCUT2D eigenvalue weighted by Gasteiger charge is 2.01. The molecule has 0 spiro atoms. The normalized spacial score (nSPS) is 10.6. The Morgan fingerprint density at radius 1 is 1.24 bits per heavy atom. The van der Waals surface area contributed by atoms with Gasteiger partial charge in [0.2, 0.25) is 5.95 Å². The lowest BCUT2D eigenvalue weighted by molar-refractivity contribution is 0.936. The summed E-state index contributed by atoms with van der Waals surface area (Å²) >= 11 is 0. The highest BCUT2D eigenvalue weighted by atomic mass is 15.3. The fourth-order valence-electron chi connectivity index (χ4n) is 1.50. The number of hydrogen-bond donors (Lipinski definition) is 1. The van der Waals surface area contributed by atoms with Crippen LogP contribution in [-0.2, 0) is 6.54 Å². The summed E-state index contributed by atoms with van der Waals surface area (Å²) in [6, 6.07) is 7.60. The average molecular weight is 226 g/mol. The van der Waals surface area contributed by atoms with Gasteiger partial charge < -0.3 is 5.32 Å². The van der Waals surface area contributed by atoms with E-state index in [0.29, 0.717) is 12.5 Å². The first-order valence-corrected chi connectivity index (χ1v) is 5.22. The Labute approximate surface area is 97.4 Å². The van der Waals surface area contributed by atoms with Gasteiger partial charge in [0.1, 0.15) is 6.33 Å². The van der Waals surface area contributed by atoms with Crippen LogP contribution in [0.1, 0.15) is 5.69 Å². The Bertz CT molecular complexity index is 585. The molecule has 0 aliphatic heterocycles. The lowest BCUT2D eigenvalue weighted by Gasteiger charge is -1.99. The van der Waals surface area contributed by atoms with Gasteiger partial charge in [0.25, 0.3) is 0 Å². The molecule has 0 unspecified atom stereocenters. The van der Waals surface area contributed by atoms with Crippen LogP contribution in [0.5, 0.6) is 0 Å². The second-order valence-corrected chi connectivity index (χ2v) is 3.49. The molecule has 17 heavy (non-hydrogen) atoms. The first-order chi connectivity index (χ1) is 8.42. The van der Waals surface area contributed by atoms with Crippen LogP contribution in [0, 0.1) is 0 Å². The van der Waals surface area contributed by atoms with Crippen LogP contribution in [0.4, 0.5) is 5.95 Å². The second kappa shape index (κ2) is 4.17. The van der Waals surface area contributed by atoms with E-state index in [9.17, 15) is 0 Å². The molecule has 0 aliphatic rings. The first-order valence-electron chi connectivity index (χ1n) is 5.22. The fraction of sp³-hybridized carbons (Fsp3) is 0.0909. The van der Waals surface area contributed by atoms with Gasteiger partial charge in [-0.25, -0.2) is 14.5 Å². The van der Waals surface area contributed by atoms with Crippen molar-refractivity contribution in [1.82, 2.24) is 24.6 Å². The molecule has 0 radical (unpaired) electrons. The Balaban J connectivity index is 1.77. The van der Waals surface area contributed by atoms with Gasteiger partial charge in [-0.15, -0.1) is 5.10 Å². The standard InChI is InChI=1S/C11H10N6/c1-2-6-17-10(3-1)15-11(16-17)13-7-9-4-5-12-8-14-9/h1-6,8H,7H2,(H,13,16). The number of rotatable bonds is 3. The molecule has 0 atom stereocenters. The van der Waals surface area contributed by atoms with Crippen molar-refractivity contribution in [1.29, 1.82) is 0 Å². The summed E-state index contributed by atoms with van der Waals surface area (Å²) in [5, 5.41) is 7.40. The van der Waals surface area contributed by atoms with Crippen LogP contribution >= 0.6 is 0 Å². The Kier molecular flexibility index (Phi) is 2.38. The van der Waals surface area contributed by atoms with Crippen LogP contribution in [0.3, 0.4) is 0 Å². The van der Waals surface area contributed by atoms with E-state index in [2.05, 4.69) is 25.4 Å².